The summed E-state index contributed by atoms with van der Waals surface area (Å²) in [7, 11) is -4.09. The average Bonchev–Trinajstić information content (AvgIpc) is 2.73. The van der Waals surface area contributed by atoms with Gasteiger partial charge in [-0.05, 0) is 70.2 Å². The molecule has 3 rings (SSSR count). The zero-order valence-corrected chi connectivity index (χ0v) is 20.6. The normalized spacial score (nSPS) is 19.8. The summed E-state index contributed by atoms with van der Waals surface area (Å²) < 4.78 is 46.9. The van der Waals surface area contributed by atoms with Crippen LogP contribution in [0.5, 0.6) is 0 Å². The van der Waals surface area contributed by atoms with E-state index >= 15 is 0 Å². The summed E-state index contributed by atoms with van der Waals surface area (Å²) in [6.07, 6.45) is 0.197. The van der Waals surface area contributed by atoms with Crippen LogP contribution < -0.4 is 10.0 Å². The van der Waals surface area contributed by atoms with E-state index in [2.05, 4.69) is 14.9 Å². The molecular weight excluding hydrogens is 469 g/mol. The number of hydrogen-bond donors (Lipinski definition) is 2. The van der Waals surface area contributed by atoms with Crippen LogP contribution in [0.15, 0.2) is 47.4 Å². The van der Waals surface area contributed by atoms with Crippen molar-refractivity contribution >= 4 is 33.2 Å². The van der Waals surface area contributed by atoms with Gasteiger partial charge in [-0.25, -0.2) is 12.8 Å². The monoisotopic (exact) mass is 497 g/mol. The summed E-state index contributed by atoms with van der Waals surface area (Å²) in [5, 5.41) is 2.87. The van der Waals surface area contributed by atoms with Gasteiger partial charge in [-0.1, -0.05) is 11.6 Å². The summed E-state index contributed by atoms with van der Waals surface area (Å²) >= 11 is 6.13. The first-order chi connectivity index (χ1) is 15.4. The summed E-state index contributed by atoms with van der Waals surface area (Å²) in [5.41, 5.74) is 0.0180. The molecule has 1 aliphatic rings. The number of amides is 1. The van der Waals surface area contributed by atoms with E-state index < -0.39 is 21.7 Å². The van der Waals surface area contributed by atoms with Gasteiger partial charge < -0.3 is 10.1 Å². The van der Waals surface area contributed by atoms with Gasteiger partial charge in [0.05, 0.1) is 17.2 Å². The highest BCUT2D eigenvalue weighted by Crippen LogP contribution is 2.26. The van der Waals surface area contributed by atoms with Crippen LogP contribution in [0.25, 0.3) is 0 Å². The van der Waals surface area contributed by atoms with Crippen LogP contribution >= 0.6 is 11.6 Å². The number of sulfonamides is 1. The fourth-order valence-corrected chi connectivity index (χ4v) is 5.35. The molecular formula is C23H29ClFN3O4S. The third-order valence-corrected chi connectivity index (χ3v) is 7.40. The number of halogens is 2. The van der Waals surface area contributed by atoms with Crippen LogP contribution in [0.1, 0.15) is 38.1 Å². The van der Waals surface area contributed by atoms with Crippen molar-refractivity contribution in [2.75, 3.05) is 24.4 Å². The van der Waals surface area contributed by atoms with Crippen molar-refractivity contribution < 1.29 is 22.3 Å². The molecule has 180 valence electrons. The molecule has 2 aromatic rings. The minimum atomic E-state index is -4.09. The molecule has 1 heterocycles. The number of carbonyl (C=O) groups is 1. The number of anilines is 1. The van der Waals surface area contributed by atoms with Crippen molar-refractivity contribution in [1.29, 1.82) is 0 Å². The molecule has 10 heteroatoms. The van der Waals surface area contributed by atoms with Crippen molar-refractivity contribution in [3.63, 3.8) is 0 Å². The predicted molar refractivity (Wildman–Crippen MR) is 127 cm³/mol. The van der Waals surface area contributed by atoms with Gasteiger partial charge in [-0.3, -0.25) is 14.4 Å². The Kier molecular flexibility index (Phi) is 7.68. The lowest BCUT2D eigenvalue weighted by molar-refractivity contribution is -0.0948. The third-order valence-electron chi connectivity index (χ3n) is 5.54. The molecule has 1 fully saturated rings. The molecule has 0 unspecified atom stereocenters. The van der Waals surface area contributed by atoms with Gasteiger partial charge in [0.25, 0.3) is 15.9 Å². The zero-order chi connectivity index (χ0) is 24.4. The van der Waals surface area contributed by atoms with Gasteiger partial charge in [0.15, 0.2) is 0 Å². The number of ether oxygens (including phenoxy) is 1. The Morgan fingerprint density at radius 2 is 1.76 bits per heavy atom. The Morgan fingerprint density at radius 1 is 1.15 bits per heavy atom. The number of morpholine rings is 1. The lowest BCUT2D eigenvalue weighted by Crippen LogP contribution is -2.58. The predicted octanol–water partition coefficient (Wildman–Crippen LogP) is 3.90. The second-order valence-electron chi connectivity index (χ2n) is 8.92. The molecule has 2 N–H and O–H groups in total. The fourth-order valence-electron chi connectivity index (χ4n) is 3.76. The standard InChI is InChI=1S/C23H29ClFN3O4S/c1-15-12-28(13-16(2)32-15)23(3,4)14-26-22(29)17-5-10-20(24)21(11-17)33(30,31)27-19-8-6-18(25)7-9-19/h5-11,15-16,27H,12-14H2,1-4H3,(H,26,29)/t15-,16+. The largest absolute Gasteiger partial charge is 0.373 e. The maximum atomic E-state index is 13.1. The molecule has 0 saturated carbocycles. The number of nitrogens with zero attached hydrogens (tertiary/aromatic N) is 1. The molecule has 7 nitrogen and oxygen atoms in total. The van der Waals surface area contributed by atoms with Crippen molar-refractivity contribution in [2.24, 2.45) is 0 Å². The Hall–Kier alpha value is -2.20. The maximum absolute atomic E-state index is 13.1. The van der Waals surface area contributed by atoms with E-state index in [0.717, 1.165) is 25.2 Å². The molecule has 1 amide bonds. The zero-order valence-electron chi connectivity index (χ0n) is 19.1. The van der Waals surface area contributed by atoms with Gasteiger partial charge >= 0.3 is 0 Å². The van der Waals surface area contributed by atoms with E-state index in [1.165, 1.54) is 30.3 Å². The van der Waals surface area contributed by atoms with Crippen molar-refractivity contribution in [1.82, 2.24) is 10.2 Å². The SMILES string of the molecule is C[C@@H]1CN(C(C)(C)CNC(=O)c2ccc(Cl)c(S(=O)(=O)Nc3ccc(F)cc3)c2)C[C@H](C)O1. The molecule has 0 radical (unpaired) electrons. The number of carbonyl (C=O) groups excluding carboxylic acids is 1. The highest BCUT2D eigenvalue weighted by atomic mass is 35.5. The topological polar surface area (TPSA) is 87.7 Å². The van der Waals surface area contributed by atoms with Crippen LogP contribution in [0, 0.1) is 5.82 Å². The van der Waals surface area contributed by atoms with Gasteiger partial charge in [-0.15, -0.1) is 0 Å². The van der Waals surface area contributed by atoms with Crippen molar-refractivity contribution in [3.05, 3.63) is 58.9 Å². The molecule has 1 aliphatic heterocycles. The average molecular weight is 498 g/mol. The van der Waals surface area contributed by atoms with E-state index in [1.54, 1.807) is 0 Å². The highest BCUT2D eigenvalue weighted by molar-refractivity contribution is 7.92. The fraction of sp³-hybridized carbons (Fsp3) is 0.435. The molecule has 0 bridgehead atoms. The maximum Gasteiger partial charge on any atom is 0.263 e. The molecule has 0 aliphatic carbocycles. The lowest BCUT2D eigenvalue weighted by atomic mass is 10.00. The summed E-state index contributed by atoms with van der Waals surface area (Å²) in [6.45, 7) is 10.0. The first-order valence-corrected chi connectivity index (χ1v) is 12.5. The molecule has 0 spiro atoms. The minimum Gasteiger partial charge on any atom is -0.373 e. The molecule has 1 saturated heterocycles. The first-order valence-electron chi connectivity index (χ1n) is 10.6. The third kappa shape index (κ3) is 6.44. The smallest absolute Gasteiger partial charge is 0.263 e. The number of hydrogen-bond acceptors (Lipinski definition) is 5. The van der Waals surface area contributed by atoms with E-state index in [4.69, 9.17) is 16.3 Å². The Bertz CT molecular complexity index is 1100. The second-order valence-corrected chi connectivity index (χ2v) is 11.0. The summed E-state index contributed by atoms with van der Waals surface area (Å²) in [4.78, 5) is 14.9. The van der Waals surface area contributed by atoms with E-state index in [9.17, 15) is 17.6 Å². The number of rotatable bonds is 7. The molecule has 2 aromatic carbocycles. The quantitative estimate of drug-likeness (QED) is 0.605. The Morgan fingerprint density at radius 3 is 2.36 bits per heavy atom. The van der Waals surface area contributed by atoms with Gasteiger partial charge in [0.2, 0.25) is 0 Å². The van der Waals surface area contributed by atoms with E-state index in [1.807, 2.05) is 27.7 Å². The molecule has 33 heavy (non-hydrogen) atoms. The Balaban J connectivity index is 1.72. The van der Waals surface area contributed by atoms with Crippen LogP contribution in [0.2, 0.25) is 5.02 Å². The summed E-state index contributed by atoms with van der Waals surface area (Å²) in [6, 6.07) is 8.95. The van der Waals surface area contributed by atoms with Crippen molar-refractivity contribution in [2.45, 2.75) is 50.3 Å². The highest BCUT2D eigenvalue weighted by Gasteiger charge is 2.33. The van der Waals surface area contributed by atoms with Crippen molar-refractivity contribution in [3.8, 4) is 0 Å². The van der Waals surface area contributed by atoms with E-state index in [0.29, 0.717) is 6.54 Å². The Labute approximate surface area is 199 Å². The van der Waals surface area contributed by atoms with Gasteiger partial charge in [-0.2, -0.15) is 0 Å². The second kappa shape index (κ2) is 9.97. The van der Waals surface area contributed by atoms with E-state index in [-0.39, 0.29) is 38.9 Å². The van der Waals surface area contributed by atoms with Crippen LogP contribution in [-0.4, -0.2) is 56.6 Å². The van der Waals surface area contributed by atoms with Crippen LogP contribution in [-0.2, 0) is 14.8 Å². The summed E-state index contributed by atoms with van der Waals surface area (Å²) in [5.74, 6) is -0.897. The van der Waals surface area contributed by atoms with Crippen LogP contribution in [0.4, 0.5) is 10.1 Å². The number of nitrogens with one attached hydrogen (secondary N) is 2. The number of benzene rings is 2. The van der Waals surface area contributed by atoms with Gasteiger partial charge in [0.1, 0.15) is 10.7 Å². The molecule has 2 atom stereocenters. The van der Waals surface area contributed by atoms with Crippen LogP contribution in [0.3, 0.4) is 0 Å². The minimum absolute atomic E-state index is 0.0298. The van der Waals surface area contributed by atoms with Gasteiger partial charge in [0, 0.05) is 36.4 Å². The molecule has 0 aromatic heterocycles. The first kappa shape index (κ1) is 25.4. The lowest BCUT2D eigenvalue weighted by Gasteiger charge is -2.45.